The summed E-state index contributed by atoms with van der Waals surface area (Å²) in [7, 11) is -3.36. The van der Waals surface area contributed by atoms with Crippen LogP contribution in [0.1, 0.15) is 61.3 Å². The van der Waals surface area contributed by atoms with Crippen LogP contribution < -0.4 is 10.0 Å². The maximum absolute atomic E-state index is 13.2. The fraction of sp³-hybridized carbons (Fsp3) is 0.409. The Labute approximate surface area is 181 Å². The highest BCUT2D eigenvalue weighted by molar-refractivity contribution is 7.92. The van der Waals surface area contributed by atoms with E-state index < -0.39 is 10.0 Å². The van der Waals surface area contributed by atoms with Crippen molar-refractivity contribution in [2.45, 2.75) is 46.0 Å². The van der Waals surface area contributed by atoms with Crippen LogP contribution in [0.4, 0.5) is 11.4 Å². The molecule has 9 heteroatoms. The molecule has 2 N–H and O–H groups in total. The van der Waals surface area contributed by atoms with E-state index in [1.54, 1.807) is 24.3 Å². The van der Waals surface area contributed by atoms with Gasteiger partial charge in [0.25, 0.3) is 11.6 Å². The standard InChI is InChI=1S/C22H26N4O4S/c1-22(2,3)12-18-19-16(11-17(13-5-6-13)24-21(19)30-25-18)20(27)23-14-7-9-15(10-8-14)26-31(4,28)29/h7-11,13,26H,5-6,12H2,1-4H3,(H,23,27). The maximum Gasteiger partial charge on any atom is 0.259 e. The number of nitrogens with zero attached hydrogens (tertiary/aromatic N) is 2. The Hall–Kier alpha value is -2.94. The quantitative estimate of drug-likeness (QED) is 0.588. The molecule has 0 spiro atoms. The predicted octanol–water partition coefficient (Wildman–Crippen LogP) is 4.31. The van der Waals surface area contributed by atoms with Crippen LogP contribution in [-0.2, 0) is 16.4 Å². The Balaban J connectivity index is 1.66. The fourth-order valence-corrected chi connectivity index (χ4v) is 4.02. The minimum absolute atomic E-state index is 0.0326. The van der Waals surface area contributed by atoms with Gasteiger partial charge in [-0.05, 0) is 55.0 Å². The van der Waals surface area contributed by atoms with Gasteiger partial charge in [-0.15, -0.1) is 0 Å². The van der Waals surface area contributed by atoms with Crippen molar-refractivity contribution in [2.24, 2.45) is 5.41 Å². The van der Waals surface area contributed by atoms with Gasteiger partial charge in [0.1, 0.15) is 0 Å². The van der Waals surface area contributed by atoms with E-state index in [9.17, 15) is 13.2 Å². The maximum atomic E-state index is 13.2. The summed E-state index contributed by atoms with van der Waals surface area (Å²) in [5.41, 5.74) is 3.39. The largest absolute Gasteiger partial charge is 0.336 e. The average molecular weight is 443 g/mol. The van der Waals surface area contributed by atoms with Crippen LogP contribution in [-0.4, -0.2) is 30.7 Å². The van der Waals surface area contributed by atoms with Gasteiger partial charge in [-0.3, -0.25) is 9.52 Å². The summed E-state index contributed by atoms with van der Waals surface area (Å²) in [6.45, 7) is 6.31. The molecule has 1 fully saturated rings. The minimum Gasteiger partial charge on any atom is -0.336 e. The first-order valence-electron chi connectivity index (χ1n) is 10.2. The molecule has 2 aromatic heterocycles. The molecule has 0 aliphatic heterocycles. The van der Waals surface area contributed by atoms with E-state index in [4.69, 9.17) is 4.52 Å². The van der Waals surface area contributed by atoms with E-state index in [2.05, 4.69) is 41.0 Å². The number of hydrogen-bond acceptors (Lipinski definition) is 6. The molecule has 0 saturated heterocycles. The van der Waals surface area contributed by atoms with Crippen molar-refractivity contribution in [3.8, 4) is 0 Å². The summed E-state index contributed by atoms with van der Waals surface area (Å²) in [6, 6.07) is 8.33. The molecule has 1 saturated carbocycles. The van der Waals surface area contributed by atoms with Crippen LogP contribution in [0.15, 0.2) is 34.9 Å². The lowest BCUT2D eigenvalue weighted by Crippen LogP contribution is -2.15. The Morgan fingerprint density at radius 2 is 1.81 bits per heavy atom. The first-order chi connectivity index (χ1) is 14.5. The summed E-state index contributed by atoms with van der Waals surface area (Å²) < 4.78 is 30.6. The van der Waals surface area contributed by atoms with E-state index in [-0.39, 0.29) is 11.3 Å². The minimum atomic E-state index is -3.36. The number of carbonyl (C=O) groups is 1. The molecule has 1 aliphatic rings. The number of rotatable bonds is 6. The Morgan fingerprint density at radius 1 is 1.16 bits per heavy atom. The fourth-order valence-electron chi connectivity index (χ4n) is 3.45. The van der Waals surface area contributed by atoms with Crippen molar-refractivity contribution in [1.82, 2.24) is 10.1 Å². The van der Waals surface area contributed by atoms with E-state index in [0.29, 0.717) is 40.4 Å². The molecule has 31 heavy (non-hydrogen) atoms. The molecule has 0 bridgehead atoms. The number of carbonyl (C=O) groups excluding carboxylic acids is 1. The van der Waals surface area contributed by atoms with Crippen molar-refractivity contribution >= 4 is 38.4 Å². The highest BCUT2D eigenvalue weighted by Crippen LogP contribution is 2.41. The van der Waals surface area contributed by atoms with Crippen molar-refractivity contribution in [3.05, 3.63) is 47.3 Å². The van der Waals surface area contributed by atoms with Gasteiger partial charge in [0.05, 0.1) is 22.9 Å². The number of amides is 1. The Bertz CT molecular complexity index is 1240. The van der Waals surface area contributed by atoms with Gasteiger partial charge in [0.2, 0.25) is 10.0 Å². The first kappa shape index (κ1) is 21.3. The van der Waals surface area contributed by atoms with Crippen molar-refractivity contribution in [1.29, 1.82) is 0 Å². The lowest BCUT2D eigenvalue weighted by atomic mass is 9.89. The van der Waals surface area contributed by atoms with Gasteiger partial charge in [-0.1, -0.05) is 25.9 Å². The summed E-state index contributed by atoms with van der Waals surface area (Å²) >= 11 is 0. The lowest BCUT2D eigenvalue weighted by Gasteiger charge is -2.16. The average Bonchev–Trinajstić information content (AvgIpc) is 3.43. The third-order valence-electron chi connectivity index (χ3n) is 4.92. The molecule has 8 nitrogen and oxygen atoms in total. The monoisotopic (exact) mass is 442 g/mol. The van der Waals surface area contributed by atoms with Gasteiger partial charge >= 0.3 is 0 Å². The number of benzene rings is 1. The number of anilines is 2. The number of nitrogens with one attached hydrogen (secondary N) is 2. The van der Waals surface area contributed by atoms with E-state index in [0.717, 1.165) is 30.5 Å². The number of sulfonamides is 1. The van der Waals surface area contributed by atoms with Gasteiger partial charge in [0.15, 0.2) is 0 Å². The molecule has 3 aromatic rings. The second-order valence-corrected chi connectivity index (χ2v) is 11.1. The zero-order valence-corrected chi connectivity index (χ0v) is 18.8. The van der Waals surface area contributed by atoms with Crippen LogP contribution in [0, 0.1) is 5.41 Å². The third kappa shape index (κ3) is 5.22. The number of fused-ring (bicyclic) bond motifs is 1. The van der Waals surface area contributed by atoms with Crippen LogP contribution in [0.5, 0.6) is 0 Å². The summed E-state index contributed by atoms with van der Waals surface area (Å²) in [6.07, 6.45) is 3.84. The SMILES string of the molecule is CC(C)(C)Cc1noc2nc(C3CC3)cc(C(=O)Nc3ccc(NS(C)(=O)=O)cc3)c12. The molecule has 0 unspecified atom stereocenters. The smallest absolute Gasteiger partial charge is 0.259 e. The number of pyridine rings is 1. The summed E-state index contributed by atoms with van der Waals surface area (Å²) in [5, 5.41) is 7.75. The second kappa shape index (κ2) is 7.64. The van der Waals surface area contributed by atoms with Crippen molar-refractivity contribution in [3.63, 3.8) is 0 Å². The van der Waals surface area contributed by atoms with Gasteiger partial charge in [-0.2, -0.15) is 0 Å². The molecular weight excluding hydrogens is 416 g/mol. The topological polar surface area (TPSA) is 114 Å². The highest BCUT2D eigenvalue weighted by atomic mass is 32.2. The van der Waals surface area contributed by atoms with Crippen LogP contribution in [0.25, 0.3) is 11.1 Å². The molecule has 0 atom stereocenters. The number of hydrogen-bond donors (Lipinski definition) is 2. The first-order valence-corrected chi connectivity index (χ1v) is 12.1. The molecule has 2 heterocycles. The molecule has 1 aliphatic carbocycles. The lowest BCUT2D eigenvalue weighted by molar-refractivity contribution is 0.102. The molecule has 0 radical (unpaired) electrons. The zero-order valence-electron chi connectivity index (χ0n) is 18.0. The molecular formula is C22H26N4O4S. The third-order valence-corrected chi connectivity index (χ3v) is 5.53. The van der Waals surface area contributed by atoms with Gasteiger partial charge in [0, 0.05) is 23.0 Å². The van der Waals surface area contributed by atoms with E-state index >= 15 is 0 Å². The zero-order chi connectivity index (χ0) is 22.4. The molecule has 4 rings (SSSR count). The van der Waals surface area contributed by atoms with Crippen LogP contribution in [0.2, 0.25) is 0 Å². The Morgan fingerprint density at radius 3 is 2.39 bits per heavy atom. The van der Waals surface area contributed by atoms with Crippen LogP contribution in [0.3, 0.4) is 0 Å². The second-order valence-electron chi connectivity index (χ2n) is 9.32. The Kier molecular flexibility index (Phi) is 5.25. The summed E-state index contributed by atoms with van der Waals surface area (Å²) in [4.78, 5) is 17.8. The van der Waals surface area contributed by atoms with Crippen molar-refractivity contribution < 1.29 is 17.7 Å². The number of aromatic nitrogens is 2. The summed E-state index contributed by atoms with van der Waals surface area (Å²) in [5.74, 6) is 0.0740. The predicted molar refractivity (Wildman–Crippen MR) is 120 cm³/mol. The van der Waals surface area contributed by atoms with E-state index in [1.807, 2.05) is 6.07 Å². The van der Waals surface area contributed by atoms with Crippen LogP contribution >= 0.6 is 0 Å². The normalized spacial score (nSPS) is 14.6. The molecule has 164 valence electrons. The van der Waals surface area contributed by atoms with Gasteiger partial charge < -0.3 is 9.84 Å². The van der Waals surface area contributed by atoms with E-state index in [1.165, 1.54) is 0 Å². The van der Waals surface area contributed by atoms with Gasteiger partial charge in [-0.25, -0.2) is 13.4 Å². The highest BCUT2D eigenvalue weighted by Gasteiger charge is 2.30. The molecule has 1 aromatic carbocycles. The van der Waals surface area contributed by atoms with Crippen molar-refractivity contribution in [2.75, 3.05) is 16.3 Å². The molecule has 1 amide bonds.